The highest BCUT2D eigenvalue weighted by Crippen LogP contribution is 2.38. The van der Waals surface area contributed by atoms with Gasteiger partial charge in [0.25, 0.3) is 0 Å². The SMILES string of the molecule is CC(=O)[N+]1([O-])C=Nc2cc(N)ccc21. The van der Waals surface area contributed by atoms with Crippen LogP contribution in [0.1, 0.15) is 6.92 Å². The van der Waals surface area contributed by atoms with Crippen LogP contribution in [-0.2, 0) is 4.79 Å². The van der Waals surface area contributed by atoms with E-state index < -0.39 is 10.6 Å². The van der Waals surface area contributed by atoms with Crippen LogP contribution in [0, 0.1) is 5.21 Å². The molecule has 1 aromatic rings. The van der Waals surface area contributed by atoms with E-state index in [4.69, 9.17) is 5.73 Å². The number of amides is 1. The second-order valence-electron chi connectivity index (χ2n) is 3.17. The lowest BCUT2D eigenvalue weighted by Gasteiger charge is -2.29. The quantitative estimate of drug-likeness (QED) is 0.381. The molecule has 5 nitrogen and oxygen atoms in total. The predicted molar refractivity (Wildman–Crippen MR) is 54.8 cm³/mol. The van der Waals surface area contributed by atoms with Crippen molar-refractivity contribution >= 4 is 29.3 Å². The molecule has 1 aliphatic rings. The van der Waals surface area contributed by atoms with Gasteiger partial charge in [-0.25, -0.2) is 9.44 Å². The van der Waals surface area contributed by atoms with Gasteiger partial charge in [0.2, 0.25) is 6.34 Å². The number of nitrogen functional groups attached to an aromatic ring is 1. The summed E-state index contributed by atoms with van der Waals surface area (Å²) in [5.74, 6) is -0.516. The molecule has 1 amide bonds. The fraction of sp³-hybridized carbons (Fsp3) is 0.111. The van der Waals surface area contributed by atoms with Crippen LogP contribution < -0.4 is 10.4 Å². The number of rotatable bonds is 0. The summed E-state index contributed by atoms with van der Waals surface area (Å²) < 4.78 is -1.13. The van der Waals surface area contributed by atoms with E-state index in [0.29, 0.717) is 17.1 Å². The van der Waals surface area contributed by atoms with Gasteiger partial charge < -0.3 is 10.9 Å². The summed E-state index contributed by atoms with van der Waals surface area (Å²) in [6.45, 7) is 1.24. The van der Waals surface area contributed by atoms with Crippen molar-refractivity contribution in [1.29, 1.82) is 0 Å². The minimum Gasteiger partial charge on any atom is -0.613 e. The Balaban J connectivity index is 2.61. The summed E-state index contributed by atoms with van der Waals surface area (Å²) in [5.41, 5.74) is 6.85. The Morgan fingerprint density at radius 3 is 2.93 bits per heavy atom. The van der Waals surface area contributed by atoms with Crippen LogP contribution in [0.5, 0.6) is 0 Å². The first-order chi connectivity index (χ1) is 6.54. The first-order valence-electron chi connectivity index (χ1n) is 4.10. The first-order valence-corrected chi connectivity index (χ1v) is 4.10. The monoisotopic (exact) mass is 191 g/mol. The number of benzene rings is 1. The van der Waals surface area contributed by atoms with Crippen LogP contribution in [0.4, 0.5) is 17.1 Å². The number of anilines is 1. The molecule has 2 N–H and O–H groups in total. The first kappa shape index (κ1) is 8.86. The van der Waals surface area contributed by atoms with Crippen molar-refractivity contribution < 1.29 is 4.79 Å². The molecule has 72 valence electrons. The number of nitrogens with two attached hydrogens (primary N) is 1. The van der Waals surface area contributed by atoms with Crippen molar-refractivity contribution in [1.82, 2.24) is 4.65 Å². The standard InChI is InChI=1S/C9H9N3O2/c1-6(13)12(14)5-11-8-4-7(10)2-3-9(8)12/h2-5H,10H2,1H3. The highest BCUT2D eigenvalue weighted by atomic mass is 16.6. The average Bonchev–Trinajstić information content (AvgIpc) is 2.45. The Bertz CT molecular complexity index is 442. The van der Waals surface area contributed by atoms with Crippen molar-refractivity contribution in [2.75, 3.05) is 5.73 Å². The number of quaternary nitrogens is 1. The molecule has 1 atom stereocenters. The van der Waals surface area contributed by atoms with Gasteiger partial charge in [0, 0.05) is 11.8 Å². The molecule has 0 bridgehead atoms. The largest absolute Gasteiger partial charge is 0.613 e. The third-order valence-corrected chi connectivity index (χ3v) is 2.18. The maximum Gasteiger partial charge on any atom is 0.321 e. The molecule has 14 heavy (non-hydrogen) atoms. The third kappa shape index (κ3) is 1.03. The Morgan fingerprint density at radius 1 is 1.57 bits per heavy atom. The Morgan fingerprint density at radius 2 is 2.29 bits per heavy atom. The van der Waals surface area contributed by atoms with E-state index >= 15 is 0 Å². The number of carbonyl (C=O) groups is 1. The number of fused-ring (bicyclic) bond motifs is 1. The number of hydroxylamine groups is 2. The molecular weight excluding hydrogens is 182 g/mol. The zero-order valence-corrected chi connectivity index (χ0v) is 7.60. The average molecular weight is 191 g/mol. The van der Waals surface area contributed by atoms with Gasteiger partial charge in [0.05, 0.1) is 6.92 Å². The molecule has 0 saturated heterocycles. The van der Waals surface area contributed by atoms with Gasteiger partial charge in [-0.1, -0.05) is 0 Å². The molecule has 1 aliphatic heterocycles. The predicted octanol–water partition coefficient (Wildman–Crippen LogP) is 1.29. The summed E-state index contributed by atoms with van der Waals surface area (Å²) in [7, 11) is 0. The summed E-state index contributed by atoms with van der Waals surface area (Å²) in [4.78, 5) is 15.0. The molecule has 0 spiro atoms. The normalized spacial score (nSPS) is 23.6. The lowest BCUT2D eigenvalue weighted by molar-refractivity contribution is -0.122. The lowest BCUT2D eigenvalue weighted by atomic mass is 10.2. The zero-order valence-electron chi connectivity index (χ0n) is 7.60. The van der Waals surface area contributed by atoms with Crippen LogP contribution in [0.15, 0.2) is 23.2 Å². The molecule has 1 heterocycles. The van der Waals surface area contributed by atoms with E-state index in [1.165, 1.54) is 13.0 Å². The van der Waals surface area contributed by atoms with Crippen molar-refractivity contribution in [3.05, 3.63) is 23.4 Å². The Kier molecular flexibility index (Phi) is 1.67. The third-order valence-electron chi connectivity index (χ3n) is 2.18. The fourth-order valence-corrected chi connectivity index (χ4v) is 1.38. The van der Waals surface area contributed by atoms with Crippen molar-refractivity contribution in [3.8, 4) is 0 Å². The zero-order chi connectivity index (χ0) is 10.3. The van der Waals surface area contributed by atoms with Gasteiger partial charge in [0.1, 0.15) is 5.69 Å². The lowest BCUT2D eigenvalue weighted by Crippen LogP contribution is -2.44. The summed E-state index contributed by atoms with van der Waals surface area (Å²) in [5, 5.41) is 11.9. The van der Waals surface area contributed by atoms with E-state index in [2.05, 4.69) is 4.99 Å². The molecule has 0 radical (unpaired) electrons. The van der Waals surface area contributed by atoms with E-state index in [1.807, 2.05) is 0 Å². The Labute approximate surface area is 80.6 Å². The van der Waals surface area contributed by atoms with Crippen LogP contribution in [0.25, 0.3) is 0 Å². The van der Waals surface area contributed by atoms with E-state index in [1.54, 1.807) is 12.1 Å². The fourth-order valence-electron chi connectivity index (χ4n) is 1.38. The second kappa shape index (κ2) is 2.63. The molecule has 1 aromatic carbocycles. The van der Waals surface area contributed by atoms with Crippen LogP contribution in [0.2, 0.25) is 0 Å². The maximum atomic E-state index is 11.9. The molecular formula is C9H9N3O2. The van der Waals surface area contributed by atoms with Crippen LogP contribution in [0.3, 0.4) is 0 Å². The highest BCUT2D eigenvalue weighted by molar-refractivity contribution is 6.08. The van der Waals surface area contributed by atoms with Gasteiger partial charge in [-0.05, 0) is 12.1 Å². The topological polar surface area (TPSA) is 78.5 Å². The maximum absolute atomic E-state index is 11.9. The molecule has 1 unspecified atom stereocenters. The van der Waals surface area contributed by atoms with E-state index in [0.717, 1.165) is 6.34 Å². The minimum absolute atomic E-state index is 0.326. The van der Waals surface area contributed by atoms with Gasteiger partial charge in [0.15, 0.2) is 5.69 Å². The van der Waals surface area contributed by atoms with Gasteiger partial charge in [-0.15, -0.1) is 0 Å². The smallest absolute Gasteiger partial charge is 0.321 e. The molecule has 0 saturated carbocycles. The van der Waals surface area contributed by atoms with E-state index in [9.17, 15) is 10.0 Å². The molecule has 5 heteroatoms. The van der Waals surface area contributed by atoms with Crippen molar-refractivity contribution in [2.24, 2.45) is 4.99 Å². The van der Waals surface area contributed by atoms with Gasteiger partial charge in [-0.3, -0.25) is 0 Å². The number of nitrogens with zero attached hydrogens (tertiary/aromatic N) is 2. The van der Waals surface area contributed by atoms with Crippen LogP contribution >= 0.6 is 0 Å². The van der Waals surface area contributed by atoms with Crippen molar-refractivity contribution in [3.63, 3.8) is 0 Å². The number of hydrogen-bond donors (Lipinski definition) is 1. The number of carbonyl (C=O) groups excluding carboxylic acids is 1. The van der Waals surface area contributed by atoms with E-state index in [-0.39, 0.29) is 0 Å². The number of aliphatic imine (C=N–C) groups is 1. The summed E-state index contributed by atoms with van der Waals surface area (Å²) in [6.07, 6.45) is 1.08. The van der Waals surface area contributed by atoms with Crippen LogP contribution in [-0.4, -0.2) is 12.2 Å². The molecule has 0 aliphatic carbocycles. The number of hydrogen-bond acceptors (Lipinski definition) is 4. The van der Waals surface area contributed by atoms with Crippen molar-refractivity contribution in [2.45, 2.75) is 6.92 Å². The summed E-state index contributed by atoms with van der Waals surface area (Å²) >= 11 is 0. The molecule has 0 fully saturated rings. The minimum atomic E-state index is -1.13. The highest BCUT2D eigenvalue weighted by Gasteiger charge is 2.32. The summed E-state index contributed by atoms with van der Waals surface area (Å²) in [6, 6.07) is 4.69. The Hall–Kier alpha value is -1.72. The second-order valence-corrected chi connectivity index (χ2v) is 3.17. The van der Waals surface area contributed by atoms with Gasteiger partial charge in [-0.2, -0.15) is 4.99 Å². The molecule has 2 rings (SSSR count). The molecule has 0 aromatic heterocycles. The van der Waals surface area contributed by atoms with Gasteiger partial charge >= 0.3 is 5.91 Å².